The molecule has 0 spiro atoms. The summed E-state index contributed by atoms with van der Waals surface area (Å²) in [5.41, 5.74) is 5.20. The first-order valence-corrected chi connectivity index (χ1v) is 13.3. The number of halogens is 2. The summed E-state index contributed by atoms with van der Waals surface area (Å²) in [7, 11) is 0. The first kappa shape index (κ1) is 24.5. The summed E-state index contributed by atoms with van der Waals surface area (Å²) in [5.74, 6) is -1.97. The Bertz CT molecular complexity index is 2200. The van der Waals surface area contributed by atoms with Crippen LogP contribution in [0.1, 0.15) is 11.1 Å². The third-order valence-corrected chi connectivity index (χ3v) is 7.74. The molecule has 2 heterocycles. The molecule has 41 heavy (non-hydrogen) atoms. The van der Waals surface area contributed by atoms with Crippen LogP contribution in [0.25, 0.3) is 66.2 Å². The average molecular weight is 552 g/mol. The molecular formula is C33H15F2N5S. The van der Waals surface area contributed by atoms with Gasteiger partial charge in [0.15, 0.2) is 11.6 Å². The van der Waals surface area contributed by atoms with Crippen LogP contribution in [0.4, 0.5) is 8.78 Å². The van der Waals surface area contributed by atoms with Gasteiger partial charge in [-0.05, 0) is 41.0 Å². The van der Waals surface area contributed by atoms with Crippen LogP contribution >= 0.6 is 11.7 Å². The molecule has 2 aromatic heterocycles. The van der Waals surface area contributed by atoms with E-state index in [1.807, 2.05) is 54.6 Å². The number of rotatable bonds is 3. The summed E-state index contributed by atoms with van der Waals surface area (Å²) in [5, 5.41) is 21.5. The lowest BCUT2D eigenvalue weighted by Crippen LogP contribution is -1.98. The average Bonchev–Trinajstić information content (AvgIpc) is 3.51. The number of hydrogen-bond donors (Lipinski definition) is 0. The van der Waals surface area contributed by atoms with Crippen LogP contribution in [0.3, 0.4) is 0 Å². The number of hydrogen-bond acceptors (Lipinski definition) is 6. The topological polar surface area (TPSA) is 86.2 Å². The SMILES string of the molecule is N#Cc1cc(C#N)c(F)c(-c2ccc(-c3ccc(-c4nc5ccccc5c5c4ccc4nsnc45)cc3)cc2)c1F. The fourth-order valence-corrected chi connectivity index (χ4v) is 5.75. The second-order valence-electron chi connectivity index (χ2n) is 9.45. The molecule has 0 aliphatic heterocycles. The third-order valence-electron chi connectivity index (χ3n) is 7.20. The van der Waals surface area contributed by atoms with Crippen LogP contribution in [0, 0.1) is 34.3 Å². The van der Waals surface area contributed by atoms with Gasteiger partial charge in [-0.3, -0.25) is 0 Å². The molecule has 0 aliphatic rings. The zero-order valence-corrected chi connectivity index (χ0v) is 21.9. The second kappa shape index (κ2) is 9.56. The first-order valence-electron chi connectivity index (χ1n) is 12.5. The largest absolute Gasteiger partial charge is 0.247 e. The highest BCUT2D eigenvalue weighted by Gasteiger charge is 2.20. The molecule has 0 bridgehead atoms. The zero-order chi connectivity index (χ0) is 28.1. The van der Waals surface area contributed by atoms with Crippen LogP contribution in [0.5, 0.6) is 0 Å². The summed E-state index contributed by atoms with van der Waals surface area (Å²) in [4.78, 5) is 5.00. The van der Waals surface area contributed by atoms with Crippen molar-refractivity contribution in [2.75, 3.05) is 0 Å². The van der Waals surface area contributed by atoms with Crippen molar-refractivity contribution in [1.29, 1.82) is 10.5 Å². The lowest BCUT2D eigenvalue weighted by Gasteiger charge is -2.12. The van der Waals surface area contributed by atoms with Crippen LogP contribution in [0.15, 0.2) is 91.0 Å². The molecule has 192 valence electrons. The van der Waals surface area contributed by atoms with Crippen LogP contribution < -0.4 is 0 Å². The Morgan fingerprint density at radius 1 is 0.610 bits per heavy atom. The molecule has 0 fully saturated rings. The predicted octanol–water partition coefficient (Wildman–Crippen LogP) is 8.42. The predicted molar refractivity (Wildman–Crippen MR) is 156 cm³/mol. The van der Waals surface area contributed by atoms with E-state index in [-0.39, 0.29) is 22.3 Å². The van der Waals surface area contributed by atoms with Gasteiger partial charge in [0.25, 0.3) is 0 Å². The molecular weight excluding hydrogens is 536 g/mol. The van der Waals surface area contributed by atoms with Crippen molar-refractivity contribution in [2.45, 2.75) is 0 Å². The van der Waals surface area contributed by atoms with E-state index in [4.69, 9.17) is 4.98 Å². The lowest BCUT2D eigenvalue weighted by molar-refractivity contribution is 0.585. The summed E-state index contributed by atoms with van der Waals surface area (Å²) in [6.45, 7) is 0. The van der Waals surface area contributed by atoms with Crippen molar-refractivity contribution in [1.82, 2.24) is 13.7 Å². The van der Waals surface area contributed by atoms with Crippen molar-refractivity contribution in [2.24, 2.45) is 0 Å². The maximum atomic E-state index is 14.9. The number of nitriles is 2. The molecule has 5 aromatic carbocycles. The van der Waals surface area contributed by atoms with Gasteiger partial charge in [0, 0.05) is 21.7 Å². The van der Waals surface area contributed by atoms with E-state index in [1.54, 1.807) is 36.4 Å². The Kier molecular flexibility index (Phi) is 5.71. The Balaban J connectivity index is 1.29. The summed E-state index contributed by atoms with van der Waals surface area (Å²) in [6, 6.07) is 30.9. The van der Waals surface area contributed by atoms with E-state index in [0.717, 1.165) is 61.2 Å². The van der Waals surface area contributed by atoms with E-state index in [0.29, 0.717) is 0 Å². The molecule has 0 unspecified atom stereocenters. The van der Waals surface area contributed by atoms with Gasteiger partial charge in [0.2, 0.25) is 0 Å². The normalized spacial score (nSPS) is 11.1. The Morgan fingerprint density at radius 2 is 1.22 bits per heavy atom. The van der Waals surface area contributed by atoms with Crippen LogP contribution in [0.2, 0.25) is 0 Å². The summed E-state index contributed by atoms with van der Waals surface area (Å²) >= 11 is 1.19. The van der Waals surface area contributed by atoms with Gasteiger partial charge in [0.1, 0.15) is 23.2 Å². The molecule has 0 aliphatic carbocycles. The Hall–Kier alpha value is -5.57. The van der Waals surface area contributed by atoms with Gasteiger partial charge in [-0.1, -0.05) is 66.7 Å². The van der Waals surface area contributed by atoms with E-state index < -0.39 is 11.6 Å². The molecule has 0 N–H and O–H groups in total. The zero-order valence-electron chi connectivity index (χ0n) is 21.1. The molecule has 0 saturated heterocycles. The fraction of sp³-hybridized carbons (Fsp3) is 0. The number of fused-ring (bicyclic) bond motifs is 5. The molecule has 0 amide bonds. The monoisotopic (exact) mass is 551 g/mol. The van der Waals surface area contributed by atoms with E-state index >= 15 is 0 Å². The summed E-state index contributed by atoms with van der Waals surface area (Å²) < 4.78 is 38.7. The van der Waals surface area contributed by atoms with Gasteiger partial charge >= 0.3 is 0 Å². The number of para-hydroxylation sites is 1. The highest BCUT2D eigenvalue weighted by Crippen LogP contribution is 2.37. The van der Waals surface area contributed by atoms with Gasteiger partial charge in [-0.15, -0.1) is 0 Å². The number of pyridine rings is 1. The second-order valence-corrected chi connectivity index (χ2v) is 9.98. The maximum Gasteiger partial charge on any atom is 0.151 e. The third kappa shape index (κ3) is 3.89. The molecule has 8 heteroatoms. The highest BCUT2D eigenvalue weighted by atomic mass is 32.1. The smallest absolute Gasteiger partial charge is 0.151 e. The highest BCUT2D eigenvalue weighted by molar-refractivity contribution is 7.00. The van der Waals surface area contributed by atoms with Gasteiger partial charge < -0.3 is 0 Å². The molecule has 0 saturated carbocycles. The standard InChI is InChI=1S/C33H15F2N5S/c34-30-22(16-36)15-23(17-37)31(35)28(30)20-9-5-18(6-10-20)19-7-11-21(12-8-19)32-25-13-14-27-33(40-41-39-27)29(25)24-3-1-2-4-26(24)38-32/h1-15H. The minimum atomic E-state index is -0.984. The van der Waals surface area contributed by atoms with Gasteiger partial charge in [-0.25, -0.2) is 13.8 Å². The molecule has 0 radical (unpaired) electrons. The quantitative estimate of drug-likeness (QED) is 0.206. The van der Waals surface area contributed by atoms with Crippen molar-refractivity contribution >= 4 is 44.4 Å². The van der Waals surface area contributed by atoms with Crippen molar-refractivity contribution in [3.8, 4) is 45.6 Å². The minimum absolute atomic E-state index is 0.239. The Morgan fingerprint density at radius 3 is 1.88 bits per heavy atom. The fourth-order valence-electron chi connectivity index (χ4n) is 5.21. The minimum Gasteiger partial charge on any atom is -0.247 e. The van der Waals surface area contributed by atoms with Crippen LogP contribution in [-0.2, 0) is 0 Å². The molecule has 7 aromatic rings. The number of aromatic nitrogens is 3. The van der Waals surface area contributed by atoms with E-state index in [1.165, 1.54) is 11.7 Å². The van der Waals surface area contributed by atoms with E-state index in [9.17, 15) is 19.3 Å². The van der Waals surface area contributed by atoms with Gasteiger partial charge in [-0.2, -0.15) is 19.3 Å². The molecule has 7 rings (SSSR count). The summed E-state index contributed by atoms with van der Waals surface area (Å²) in [6.07, 6.45) is 0. The van der Waals surface area contributed by atoms with Crippen molar-refractivity contribution < 1.29 is 8.78 Å². The first-order chi connectivity index (χ1) is 20.1. The molecule has 0 atom stereocenters. The van der Waals surface area contributed by atoms with E-state index in [2.05, 4.69) is 14.8 Å². The van der Waals surface area contributed by atoms with Crippen LogP contribution in [-0.4, -0.2) is 13.7 Å². The Labute approximate surface area is 236 Å². The van der Waals surface area contributed by atoms with Gasteiger partial charge in [0.05, 0.1) is 39.6 Å². The van der Waals surface area contributed by atoms with Crippen molar-refractivity contribution in [3.63, 3.8) is 0 Å². The molecule has 5 nitrogen and oxygen atoms in total. The lowest BCUT2D eigenvalue weighted by atomic mass is 9.95. The number of nitrogens with zero attached hydrogens (tertiary/aromatic N) is 5. The number of benzene rings is 5. The maximum absolute atomic E-state index is 14.9. The van der Waals surface area contributed by atoms with Crippen molar-refractivity contribution in [3.05, 3.63) is 114 Å².